The van der Waals surface area contributed by atoms with Gasteiger partial charge in [0.05, 0.1) is 12.3 Å². The van der Waals surface area contributed by atoms with Gasteiger partial charge >= 0.3 is 0 Å². The molecule has 0 saturated carbocycles. The van der Waals surface area contributed by atoms with Gasteiger partial charge in [-0.2, -0.15) is 0 Å². The van der Waals surface area contributed by atoms with E-state index in [0.717, 1.165) is 0 Å². The van der Waals surface area contributed by atoms with E-state index in [2.05, 4.69) is 4.98 Å². The summed E-state index contributed by atoms with van der Waals surface area (Å²) >= 11 is 5.67. The van der Waals surface area contributed by atoms with E-state index in [9.17, 15) is 4.79 Å². The van der Waals surface area contributed by atoms with E-state index < -0.39 is 0 Å². The topological polar surface area (TPSA) is 55.6 Å². The molecule has 0 saturated heterocycles. The summed E-state index contributed by atoms with van der Waals surface area (Å²) in [5, 5.41) is 0. The maximum atomic E-state index is 12.2. The van der Waals surface area contributed by atoms with Crippen LogP contribution in [0.25, 0.3) is 0 Å². The van der Waals surface area contributed by atoms with Crippen molar-refractivity contribution >= 4 is 17.5 Å². The van der Waals surface area contributed by atoms with E-state index in [1.54, 1.807) is 25.9 Å². The number of aryl methyl sites for hydroxylation is 2. The molecule has 17 heavy (non-hydrogen) atoms. The average molecular weight is 261 g/mol. The van der Waals surface area contributed by atoms with Crippen LogP contribution in [0.2, 0.25) is 0 Å². The molecule has 5 nitrogen and oxygen atoms in total. The molecule has 96 valence electrons. The molecule has 1 rings (SSSR count). The SMILES string of the molecule is COCCN(CCCl)C(=O)c1oc(C)nc1C. The number of amides is 1. The molecular weight excluding hydrogens is 244 g/mol. The highest BCUT2D eigenvalue weighted by molar-refractivity contribution is 6.18. The summed E-state index contributed by atoms with van der Waals surface area (Å²) < 4.78 is 10.3. The molecule has 0 aliphatic carbocycles. The Balaban J connectivity index is 2.79. The first-order valence-electron chi connectivity index (χ1n) is 5.38. The Morgan fingerprint density at radius 3 is 2.65 bits per heavy atom. The predicted molar refractivity (Wildman–Crippen MR) is 64.5 cm³/mol. The van der Waals surface area contributed by atoms with Crippen molar-refractivity contribution in [2.45, 2.75) is 13.8 Å². The lowest BCUT2D eigenvalue weighted by molar-refractivity contribution is 0.0674. The molecule has 1 aromatic heterocycles. The molecule has 0 aliphatic heterocycles. The molecule has 0 fully saturated rings. The quantitative estimate of drug-likeness (QED) is 0.730. The van der Waals surface area contributed by atoms with Crippen molar-refractivity contribution in [2.75, 3.05) is 32.7 Å². The first kappa shape index (κ1) is 14.0. The average Bonchev–Trinajstić information content (AvgIpc) is 2.63. The van der Waals surface area contributed by atoms with Crippen LogP contribution in [0.5, 0.6) is 0 Å². The fraction of sp³-hybridized carbons (Fsp3) is 0.636. The zero-order valence-electron chi connectivity index (χ0n) is 10.3. The number of ether oxygens (including phenoxy) is 1. The van der Waals surface area contributed by atoms with Gasteiger partial charge < -0.3 is 14.1 Å². The Labute approximate surface area is 106 Å². The van der Waals surface area contributed by atoms with Gasteiger partial charge in [-0.3, -0.25) is 4.79 Å². The second-order valence-electron chi connectivity index (χ2n) is 3.62. The van der Waals surface area contributed by atoms with E-state index >= 15 is 0 Å². The third-order valence-electron chi connectivity index (χ3n) is 2.30. The first-order valence-corrected chi connectivity index (χ1v) is 5.91. The van der Waals surface area contributed by atoms with Crippen LogP contribution in [0.1, 0.15) is 22.1 Å². The number of hydrogen-bond acceptors (Lipinski definition) is 4. The summed E-state index contributed by atoms with van der Waals surface area (Å²) in [5.41, 5.74) is 0.601. The number of carbonyl (C=O) groups excluding carboxylic acids is 1. The van der Waals surface area contributed by atoms with Crippen LogP contribution in [-0.4, -0.2) is 48.5 Å². The number of alkyl halides is 1. The number of oxazole rings is 1. The van der Waals surface area contributed by atoms with Crippen molar-refractivity contribution in [3.05, 3.63) is 17.3 Å². The minimum Gasteiger partial charge on any atom is -0.436 e. The van der Waals surface area contributed by atoms with Gasteiger partial charge in [-0.15, -0.1) is 11.6 Å². The number of aromatic nitrogens is 1. The second kappa shape index (κ2) is 6.61. The molecule has 0 N–H and O–H groups in total. The van der Waals surface area contributed by atoms with Crippen LogP contribution in [0.15, 0.2) is 4.42 Å². The number of nitrogens with zero attached hydrogens (tertiary/aromatic N) is 2. The third kappa shape index (κ3) is 3.71. The van der Waals surface area contributed by atoms with Crippen molar-refractivity contribution in [3.63, 3.8) is 0 Å². The van der Waals surface area contributed by atoms with Gasteiger partial charge in [-0.05, 0) is 6.92 Å². The Kier molecular flexibility index (Phi) is 5.44. The molecule has 0 radical (unpaired) electrons. The van der Waals surface area contributed by atoms with E-state index in [1.165, 1.54) is 0 Å². The first-order chi connectivity index (χ1) is 8.10. The van der Waals surface area contributed by atoms with Gasteiger partial charge in [0.2, 0.25) is 5.76 Å². The van der Waals surface area contributed by atoms with Crippen LogP contribution < -0.4 is 0 Å². The highest BCUT2D eigenvalue weighted by atomic mass is 35.5. The molecule has 0 bridgehead atoms. The lowest BCUT2D eigenvalue weighted by atomic mass is 10.3. The predicted octanol–water partition coefficient (Wildman–Crippen LogP) is 1.62. The molecular formula is C11H17ClN2O3. The standard InChI is InChI=1S/C11H17ClN2O3/c1-8-10(17-9(2)13-8)11(15)14(5-4-12)6-7-16-3/h4-7H2,1-3H3. The normalized spacial score (nSPS) is 10.6. The number of methoxy groups -OCH3 is 1. The van der Waals surface area contributed by atoms with Crippen LogP contribution in [-0.2, 0) is 4.74 Å². The van der Waals surface area contributed by atoms with Crippen LogP contribution in [0.4, 0.5) is 0 Å². The molecule has 0 aromatic carbocycles. The number of carbonyl (C=O) groups is 1. The van der Waals surface area contributed by atoms with E-state index in [0.29, 0.717) is 37.2 Å². The summed E-state index contributed by atoms with van der Waals surface area (Å²) in [6.07, 6.45) is 0. The third-order valence-corrected chi connectivity index (χ3v) is 2.47. The van der Waals surface area contributed by atoms with Crippen molar-refractivity contribution in [1.82, 2.24) is 9.88 Å². The van der Waals surface area contributed by atoms with Crippen molar-refractivity contribution < 1.29 is 13.9 Å². The maximum absolute atomic E-state index is 12.2. The molecule has 0 atom stereocenters. The highest BCUT2D eigenvalue weighted by Gasteiger charge is 2.21. The van der Waals surface area contributed by atoms with Crippen molar-refractivity contribution in [1.29, 1.82) is 0 Å². The van der Waals surface area contributed by atoms with Crippen LogP contribution in [0.3, 0.4) is 0 Å². The summed E-state index contributed by atoms with van der Waals surface area (Å²) in [6, 6.07) is 0. The maximum Gasteiger partial charge on any atom is 0.291 e. The second-order valence-corrected chi connectivity index (χ2v) is 4.00. The minimum atomic E-state index is -0.194. The van der Waals surface area contributed by atoms with Crippen molar-refractivity contribution in [2.24, 2.45) is 0 Å². The molecule has 0 unspecified atom stereocenters. The van der Waals surface area contributed by atoms with E-state index in [1.807, 2.05) is 0 Å². The molecule has 0 spiro atoms. The van der Waals surface area contributed by atoms with Gasteiger partial charge in [-0.25, -0.2) is 4.98 Å². The van der Waals surface area contributed by atoms with Crippen LogP contribution in [0, 0.1) is 13.8 Å². The lowest BCUT2D eigenvalue weighted by Crippen LogP contribution is -2.35. The van der Waals surface area contributed by atoms with Crippen molar-refractivity contribution in [3.8, 4) is 0 Å². The summed E-state index contributed by atoms with van der Waals surface area (Å²) in [7, 11) is 1.59. The number of hydrogen-bond donors (Lipinski definition) is 0. The smallest absolute Gasteiger partial charge is 0.291 e. The zero-order valence-corrected chi connectivity index (χ0v) is 11.1. The summed E-state index contributed by atoms with van der Waals surface area (Å²) in [6.45, 7) is 4.88. The number of rotatable bonds is 6. The number of halogens is 1. The van der Waals surface area contributed by atoms with Gasteiger partial charge in [-0.1, -0.05) is 0 Å². The largest absolute Gasteiger partial charge is 0.436 e. The summed E-state index contributed by atoms with van der Waals surface area (Å²) in [5.74, 6) is 0.953. The van der Waals surface area contributed by atoms with Gasteiger partial charge in [0, 0.05) is 33.0 Å². The summed E-state index contributed by atoms with van der Waals surface area (Å²) in [4.78, 5) is 17.8. The fourth-order valence-electron chi connectivity index (χ4n) is 1.49. The monoisotopic (exact) mass is 260 g/mol. The van der Waals surface area contributed by atoms with Crippen LogP contribution >= 0.6 is 11.6 Å². The molecule has 0 aliphatic rings. The van der Waals surface area contributed by atoms with E-state index in [-0.39, 0.29) is 11.7 Å². The molecule has 1 aromatic rings. The van der Waals surface area contributed by atoms with Gasteiger partial charge in [0.15, 0.2) is 5.89 Å². The Hall–Kier alpha value is -1.07. The van der Waals surface area contributed by atoms with Gasteiger partial charge in [0.25, 0.3) is 5.91 Å². The Bertz CT molecular complexity index is 379. The fourth-order valence-corrected chi connectivity index (χ4v) is 1.70. The van der Waals surface area contributed by atoms with E-state index in [4.69, 9.17) is 20.8 Å². The Morgan fingerprint density at radius 2 is 2.18 bits per heavy atom. The molecule has 1 heterocycles. The highest BCUT2D eigenvalue weighted by Crippen LogP contribution is 2.12. The zero-order chi connectivity index (χ0) is 12.8. The lowest BCUT2D eigenvalue weighted by Gasteiger charge is -2.20. The molecule has 1 amide bonds. The molecule has 6 heteroatoms. The minimum absolute atomic E-state index is 0.194. The Morgan fingerprint density at radius 1 is 1.47 bits per heavy atom. The van der Waals surface area contributed by atoms with Gasteiger partial charge in [0.1, 0.15) is 0 Å².